The fourth-order valence-corrected chi connectivity index (χ4v) is 1.96. The van der Waals surface area contributed by atoms with Gasteiger partial charge in [-0.1, -0.05) is 56.9 Å². The molecule has 0 fully saturated rings. The van der Waals surface area contributed by atoms with Crippen molar-refractivity contribution < 1.29 is 0 Å². The fourth-order valence-electron chi connectivity index (χ4n) is 1.96. The summed E-state index contributed by atoms with van der Waals surface area (Å²) in [4.78, 5) is 0. The number of aryl methyl sites for hydroxylation is 1. The van der Waals surface area contributed by atoms with E-state index in [4.69, 9.17) is 0 Å². The number of rotatable bonds is 7. The molecule has 0 heteroatoms. The van der Waals surface area contributed by atoms with Crippen LogP contribution in [-0.2, 0) is 12.8 Å². The maximum Gasteiger partial charge on any atom is -0.0276 e. The van der Waals surface area contributed by atoms with Gasteiger partial charge in [-0.25, -0.2) is 0 Å². The van der Waals surface area contributed by atoms with Crippen molar-refractivity contribution in [1.82, 2.24) is 0 Å². The summed E-state index contributed by atoms with van der Waals surface area (Å²) in [6, 6.07) is 8.70. The van der Waals surface area contributed by atoms with Gasteiger partial charge in [-0.2, -0.15) is 0 Å². The van der Waals surface area contributed by atoms with Gasteiger partial charge in [0.25, 0.3) is 0 Å². The Hall–Kier alpha value is -0.780. The van der Waals surface area contributed by atoms with Crippen LogP contribution in [0.4, 0.5) is 0 Å². The predicted molar refractivity (Wildman–Crippen MR) is 68.0 cm³/mol. The molecule has 0 nitrogen and oxygen atoms in total. The van der Waals surface area contributed by atoms with Gasteiger partial charge in [0.05, 0.1) is 0 Å². The van der Waals surface area contributed by atoms with E-state index >= 15 is 0 Å². The van der Waals surface area contributed by atoms with Crippen LogP contribution >= 0.6 is 0 Å². The Morgan fingerprint density at radius 3 is 2.27 bits per heavy atom. The molecule has 0 aliphatic carbocycles. The highest BCUT2D eigenvalue weighted by Crippen LogP contribution is 2.13. The molecule has 0 saturated carbocycles. The van der Waals surface area contributed by atoms with E-state index in [2.05, 4.69) is 38.1 Å². The maximum absolute atomic E-state index is 3.97. The predicted octanol–water partition coefficient (Wildman–Crippen LogP) is 4.58. The molecule has 0 atom stereocenters. The highest BCUT2D eigenvalue weighted by Gasteiger charge is 1.98. The third kappa shape index (κ3) is 4.51. The zero-order valence-corrected chi connectivity index (χ0v) is 9.97. The summed E-state index contributed by atoms with van der Waals surface area (Å²) in [6.07, 6.45) is 8.96. The summed E-state index contributed by atoms with van der Waals surface area (Å²) in [5.41, 5.74) is 2.93. The van der Waals surface area contributed by atoms with Crippen LogP contribution in [-0.4, -0.2) is 0 Å². The van der Waals surface area contributed by atoms with Crippen molar-refractivity contribution in [2.45, 2.75) is 51.9 Å². The minimum absolute atomic E-state index is 0.922. The molecule has 0 amide bonds. The molecule has 1 rings (SSSR count). The van der Waals surface area contributed by atoms with Crippen molar-refractivity contribution in [3.63, 3.8) is 0 Å². The van der Waals surface area contributed by atoms with Crippen molar-refractivity contribution in [2.24, 2.45) is 0 Å². The summed E-state index contributed by atoms with van der Waals surface area (Å²) in [5.74, 6) is 0. The van der Waals surface area contributed by atoms with Gasteiger partial charge < -0.3 is 0 Å². The van der Waals surface area contributed by atoms with Gasteiger partial charge in [-0.15, -0.1) is 0 Å². The first-order valence-electron chi connectivity index (χ1n) is 6.24. The molecule has 0 aromatic heterocycles. The van der Waals surface area contributed by atoms with Gasteiger partial charge in [-0.05, 0) is 37.3 Å². The lowest BCUT2D eigenvalue weighted by atomic mass is 9.99. The fraction of sp³-hybridized carbons (Fsp3) is 0.533. The van der Waals surface area contributed by atoms with Gasteiger partial charge in [0, 0.05) is 0 Å². The Balaban J connectivity index is 2.30. The first-order chi connectivity index (χ1) is 7.38. The van der Waals surface area contributed by atoms with E-state index < -0.39 is 0 Å². The van der Waals surface area contributed by atoms with Crippen LogP contribution in [0.25, 0.3) is 0 Å². The first kappa shape index (κ1) is 12.3. The molecule has 0 spiro atoms. The molecular formula is C15H23. The molecule has 0 unspecified atom stereocenters. The normalized spacial score (nSPS) is 10.5. The Bertz CT molecular complexity index is 262. The lowest BCUT2D eigenvalue weighted by molar-refractivity contribution is 0.631. The quantitative estimate of drug-likeness (QED) is 0.569. The van der Waals surface area contributed by atoms with E-state index in [1.54, 1.807) is 0 Å². The van der Waals surface area contributed by atoms with Crippen molar-refractivity contribution in [1.29, 1.82) is 0 Å². The lowest BCUT2D eigenvalue weighted by Crippen LogP contribution is -1.92. The average Bonchev–Trinajstić information content (AvgIpc) is 2.29. The third-order valence-corrected chi connectivity index (χ3v) is 2.94. The number of benzene rings is 1. The molecule has 1 aromatic rings. The maximum atomic E-state index is 3.97. The van der Waals surface area contributed by atoms with Crippen molar-refractivity contribution >= 4 is 0 Å². The van der Waals surface area contributed by atoms with Crippen LogP contribution in [0.1, 0.15) is 50.2 Å². The van der Waals surface area contributed by atoms with E-state index in [1.807, 2.05) is 0 Å². The van der Waals surface area contributed by atoms with Crippen LogP contribution in [0.2, 0.25) is 0 Å². The summed E-state index contributed by atoms with van der Waals surface area (Å²) in [5, 5.41) is 0. The monoisotopic (exact) mass is 203 g/mol. The van der Waals surface area contributed by atoms with Crippen LogP contribution in [0.3, 0.4) is 0 Å². The third-order valence-electron chi connectivity index (χ3n) is 2.94. The Kier molecular flexibility index (Phi) is 6.15. The molecule has 0 N–H and O–H groups in total. The summed E-state index contributed by atoms with van der Waals surface area (Å²) in [6.45, 7) is 6.24. The van der Waals surface area contributed by atoms with Crippen LogP contribution in [0.5, 0.6) is 0 Å². The van der Waals surface area contributed by atoms with E-state index in [-0.39, 0.29) is 0 Å². The molecule has 0 saturated heterocycles. The topological polar surface area (TPSA) is 0 Å². The molecule has 0 aliphatic heterocycles. The molecule has 15 heavy (non-hydrogen) atoms. The smallest absolute Gasteiger partial charge is 0.0276 e. The second kappa shape index (κ2) is 7.50. The zero-order chi connectivity index (χ0) is 10.9. The van der Waals surface area contributed by atoms with Gasteiger partial charge in [0.2, 0.25) is 0 Å². The van der Waals surface area contributed by atoms with Crippen molar-refractivity contribution in [3.05, 3.63) is 42.3 Å². The Morgan fingerprint density at radius 1 is 0.933 bits per heavy atom. The summed E-state index contributed by atoms with van der Waals surface area (Å²) < 4.78 is 0. The minimum atomic E-state index is 0.922. The average molecular weight is 203 g/mol. The zero-order valence-electron chi connectivity index (χ0n) is 9.97. The Labute approximate surface area is 94.7 Å². The lowest BCUT2D eigenvalue weighted by Gasteiger charge is -2.06. The van der Waals surface area contributed by atoms with Gasteiger partial charge in [-0.3, -0.25) is 0 Å². The second-order valence-corrected chi connectivity index (χ2v) is 4.18. The van der Waals surface area contributed by atoms with E-state index in [9.17, 15) is 0 Å². The van der Waals surface area contributed by atoms with Crippen LogP contribution in [0, 0.1) is 6.92 Å². The molecule has 0 aliphatic rings. The molecular weight excluding hydrogens is 180 g/mol. The molecule has 0 bridgehead atoms. The van der Waals surface area contributed by atoms with Gasteiger partial charge in [0.1, 0.15) is 0 Å². The SMILES string of the molecule is [CH2]Cc1ccccc1CCCCCCC. The summed E-state index contributed by atoms with van der Waals surface area (Å²) >= 11 is 0. The minimum Gasteiger partial charge on any atom is -0.0654 e. The standard InChI is InChI=1S/C15H23/c1-3-5-6-7-8-12-15-13-10-9-11-14(15)4-2/h9-11,13H,2-8,12H2,1H3. The Morgan fingerprint density at radius 2 is 1.60 bits per heavy atom. The van der Waals surface area contributed by atoms with Crippen LogP contribution in [0.15, 0.2) is 24.3 Å². The largest absolute Gasteiger partial charge is 0.0654 e. The van der Waals surface area contributed by atoms with E-state index in [0.717, 1.165) is 6.42 Å². The van der Waals surface area contributed by atoms with Crippen molar-refractivity contribution in [3.8, 4) is 0 Å². The molecule has 0 heterocycles. The number of hydrogen-bond donors (Lipinski definition) is 0. The first-order valence-corrected chi connectivity index (χ1v) is 6.24. The number of unbranched alkanes of at least 4 members (excludes halogenated alkanes) is 4. The van der Waals surface area contributed by atoms with Gasteiger partial charge >= 0.3 is 0 Å². The van der Waals surface area contributed by atoms with Gasteiger partial charge in [0.15, 0.2) is 0 Å². The van der Waals surface area contributed by atoms with Crippen molar-refractivity contribution in [2.75, 3.05) is 0 Å². The highest BCUT2D eigenvalue weighted by molar-refractivity contribution is 5.27. The highest BCUT2D eigenvalue weighted by atomic mass is 14.0. The van der Waals surface area contributed by atoms with Crippen LogP contribution < -0.4 is 0 Å². The molecule has 83 valence electrons. The van der Waals surface area contributed by atoms with E-state index in [0.29, 0.717) is 0 Å². The van der Waals surface area contributed by atoms with E-state index in [1.165, 1.54) is 49.7 Å². The molecule has 1 aromatic carbocycles. The summed E-state index contributed by atoms with van der Waals surface area (Å²) in [7, 11) is 0. The molecule has 1 radical (unpaired) electrons. The second-order valence-electron chi connectivity index (χ2n) is 4.18. The number of hydrogen-bond acceptors (Lipinski definition) is 0.